The highest BCUT2D eigenvalue weighted by molar-refractivity contribution is 7.98. The number of anilines is 1. The molecule has 0 aromatic heterocycles. The predicted molar refractivity (Wildman–Crippen MR) is 118 cm³/mol. The summed E-state index contributed by atoms with van der Waals surface area (Å²) in [4.78, 5) is 12.6. The van der Waals surface area contributed by atoms with Gasteiger partial charge in [-0.1, -0.05) is 42.0 Å². The van der Waals surface area contributed by atoms with Gasteiger partial charge in [-0.25, -0.2) is 8.42 Å². The number of ether oxygens (including phenoxy) is 1. The van der Waals surface area contributed by atoms with Crippen LogP contribution in [-0.2, 0) is 20.6 Å². The standard InChI is InChI=1S/C21H26N2O4S2/c1-3-29(25,26)23-14-20(27-19-10-5-4-9-18(19)23)21(24)22-11-12-28-15-17-8-6-7-16(2)13-17/h4-10,13,20H,3,11-12,14-15H2,1-2H3,(H,22,24)/t20-/m0/s1. The van der Waals surface area contributed by atoms with Crippen LogP contribution in [-0.4, -0.2) is 45.0 Å². The molecule has 0 spiro atoms. The third-order valence-corrected chi connectivity index (χ3v) is 7.40. The van der Waals surface area contributed by atoms with Gasteiger partial charge in [-0.05, 0) is 31.5 Å². The Labute approximate surface area is 176 Å². The van der Waals surface area contributed by atoms with Crippen LogP contribution in [0.1, 0.15) is 18.1 Å². The summed E-state index contributed by atoms with van der Waals surface area (Å²) in [7, 11) is -3.50. The lowest BCUT2D eigenvalue weighted by Gasteiger charge is -2.34. The monoisotopic (exact) mass is 434 g/mol. The molecule has 1 heterocycles. The van der Waals surface area contributed by atoms with Crippen molar-refractivity contribution in [3.8, 4) is 5.75 Å². The number of aryl methyl sites for hydroxylation is 1. The first-order chi connectivity index (χ1) is 13.9. The lowest BCUT2D eigenvalue weighted by molar-refractivity contribution is -0.127. The molecule has 0 radical (unpaired) electrons. The molecule has 1 amide bonds. The fourth-order valence-electron chi connectivity index (χ4n) is 3.11. The number of amides is 1. The van der Waals surface area contributed by atoms with Gasteiger partial charge >= 0.3 is 0 Å². The Hall–Kier alpha value is -2.19. The zero-order valence-corrected chi connectivity index (χ0v) is 18.3. The van der Waals surface area contributed by atoms with E-state index in [0.29, 0.717) is 18.0 Å². The third kappa shape index (κ3) is 5.45. The van der Waals surface area contributed by atoms with E-state index in [1.165, 1.54) is 15.4 Å². The Balaban J connectivity index is 1.54. The van der Waals surface area contributed by atoms with Crippen molar-refractivity contribution in [2.45, 2.75) is 25.7 Å². The summed E-state index contributed by atoms with van der Waals surface area (Å²) in [6.07, 6.45) is -0.868. The molecule has 6 nitrogen and oxygen atoms in total. The molecule has 2 aromatic rings. The van der Waals surface area contributed by atoms with Crippen LogP contribution < -0.4 is 14.4 Å². The Kier molecular flexibility index (Phi) is 7.08. The number of fused-ring (bicyclic) bond motifs is 1. The van der Waals surface area contributed by atoms with E-state index >= 15 is 0 Å². The van der Waals surface area contributed by atoms with E-state index in [1.807, 2.05) is 6.07 Å². The molecule has 0 unspecified atom stereocenters. The van der Waals surface area contributed by atoms with Gasteiger partial charge in [-0.15, -0.1) is 0 Å². The number of hydrogen-bond donors (Lipinski definition) is 1. The van der Waals surface area contributed by atoms with Crippen molar-refractivity contribution in [1.82, 2.24) is 5.32 Å². The smallest absolute Gasteiger partial charge is 0.263 e. The molecule has 1 atom stereocenters. The van der Waals surface area contributed by atoms with Crippen LogP contribution in [0.3, 0.4) is 0 Å². The second kappa shape index (κ2) is 9.54. The van der Waals surface area contributed by atoms with Gasteiger partial charge in [-0.3, -0.25) is 9.10 Å². The van der Waals surface area contributed by atoms with Crippen LogP contribution in [0, 0.1) is 6.92 Å². The van der Waals surface area contributed by atoms with Gasteiger partial charge in [-0.2, -0.15) is 11.8 Å². The summed E-state index contributed by atoms with van der Waals surface area (Å²) in [5.41, 5.74) is 2.97. The lowest BCUT2D eigenvalue weighted by atomic mass is 10.2. The number of nitrogens with one attached hydrogen (secondary N) is 1. The number of benzene rings is 2. The SMILES string of the molecule is CCS(=O)(=O)N1C[C@@H](C(=O)NCCSCc2cccc(C)c2)Oc2ccccc21. The Morgan fingerprint density at radius 1 is 1.24 bits per heavy atom. The second-order valence-corrected chi connectivity index (χ2v) is 10.1. The van der Waals surface area contributed by atoms with Crippen molar-refractivity contribution < 1.29 is 17.9 Å². The number of para-hydroxylation sites is 2. The fourth-order valence-corrected chi connectivity index (χ4v) is 5.04. The number of hydrogen-bond acceptors (Lipinski definition) is 5. The molecule has 0 saturated carbocycles. The summed E-state index contributed by atoms with van der Waals surface area (Å²) in [6.45, 7) is 4.14. The van der Waals surface area contributed by atoms with E-state index in [1.54, 1.807) is 43.0 Å². The van der Waals surface area contributed by atoms with Gasteiger partial charge in [0.15, 0.2) is 6.10 Å². The summed E-state index contributed by atoms with van der Waals surface area (Å²) >= 11 is 1.74. The Bertz CT molecular complexity index is 963. The summed E-state index contributed by atoms with van der Waals surface area (Å²) < 4.78 is 32.0. The molecular weight excluding hydrogens is 408 g/mol. The van der Waals surface area contributed by atoms with Gasteiger partial charge in [0.1, 0.15) is 5.75 Å². The van der Waals surface area contributed by atoms with Crippen LogP contribution in [0.2, 0.25) is 0 Å². The Morgan fingerprint density at radius 2 is 2.03 bits per heavy atom. The van der Waals surface area contributed by atoms with Crippen LogP contribution in [0.15, 0.2) is 48.5 Å². The maximum Gasteiger partial charge on any atom is 0.263 e. The van der Waals surface area contributed by atoms with Crippen molar-refractivity contribution in [2.75, 3.05) is 28.9 Å². The minimum Gasteiger partial charge on any atom is -0.476 e. The number of sulfonamides is 1. The zero-order valence-electron chi connectivity index (χ0n) is 16.6. The average Bonchev–Trinajstić information content (AvgIpc) is 2.72. The van der Waals surface area contributed by atoms with Crippen molar-refractivity contribution in [3.63, 3.8) is 0 Å². The van der Waals surface area contributed by atoms with Crippen LogP contribution in [0.4, 0.5) is 5.69 Å². The number of thioether (sulfide) groups is 1. The van der Waals surface area contributed by atoms with E-state index in [4.69, 9.17) is 4.74 Å². The summed E-state index contributed by atoms with van der Waals surface area (Å²) in [6, 6.07) is 15.3. The van der Waals surface area contributed by atoms with Crippen LogP contribution in [0.25, 0.3) is 0 Å². The highest BCUT2D eigenvalue weighted by Gasteiger charge is 2.35. The summed E-state index contributed by atoms with van der Waals surface area (Å²) in [5, 5.41) is 2.86. The van der Waals surface area contributed by atoms with Crippen molar-refractivity contribution in [1.29, 1.82) is 0 Å². The maximum absolute atomic E-state index is 12.6. The van der Waals surface area contributed by atoms with Gasteiger partial charge in [0, 0.05) is 18.1 Å². The van der Waals surface area contributed by atoms with E-state index in [0.717, 1.165) is 11.5 Å². The molecule has 1 N–H and O–H groups in total. The molecule has 0 bridgehead atoms. The van der Waals surface area contributed by atoms with Gasteiger partial charge in [0.25, 0.3) is 5.91 Å². The topological polar surface area (TPSA) is 75.7 Å². The van der Waals surface area contributed by atoms with Crippen molar-refractivity contribution >= 4 is 33.4 Å². The minimum absolute atomic E-state index is 0.0184. The fraction of sp³-hybridized carbons (Fsp3) is 0.381. The van der Waals surface area contributed by atoms with Gasteiger partial charge in [0.05, 0.1) is 18.0 Å². The largest absolute Gasteiger partial charge is 0.476 e. The highest BCUT2D eigenvalue weighted by Crippen LogP contribution is 2.35. The highest BCUT2D eigenvalue weighted by atomic mass is 32.2. The van der Waals surface area contributed by atoms with Crippen LogP contribution >= 0.6 is 11.8 Å². The minimum atomic E-state index is -3.50. The maximum atomic E-state index is 12.6. The van der Waals surface area contributed by atoms with Crippen molar-refractivity contribution in [3.05, 3.63) is 59.7 Å². The normalized spacial score (nSPS) is 16.1. The molecule has 8 heteroatoms. The first-order valence-electron chi connectivity index (χ1n) is 9.58. The number of carbonyl (C=O) groups excluding carboxylic acids is 1. The lowest BCUT2D eigenvalue weighted by Crippen LogP contribution is -2.51. The van der Waals surface area contributed by atoms with E-state index < -0.39 is 16.1 Å². The molecule has 3 rings (SSSR count). The molecular formula is C21H26N2O4S2. The first kappa shape index (κ1) is 21.5. The number of rotatable bonds is 8. The Morgan fingerprint density at radius 3 is 2.79 bits per heavy atom. The molecule has 1 aliphatic rings. The molecule has 0 saturated heterocycles. The van der Waals surface area contributed by atoms with Gasteiger partial charge in [0.2, 0.25) is 10.0 Å². The number of nitrogens with zero attached hydrogens (tertiary/aromatic N) is 1. The van der Waals surface area contributed by atoms with E-state index in [9.17, 15) is 13.2 Å². The molecule has 0 fully saturated rings. The third-order valence-electron chi connectivity index (χ3n) is 4.62. The van der Waals surface area contributed by atoms with Crippen LogP contribution in [0.5, 0.6) is 5.75 Å². The first-order valence-corrected chi connectivity index (χ1v) is 12.3. The molecule has 1 aliphatic heterocycles. The van der Waals surface area contributed by atoms with Gasteiger partial charge < -0.3 is 10.1 Å². The molecule has 156 valence electrons. The number of carbonyl (C=O) groups is 1. The summed E-state index contributed by atoms with van der Waals surface area (Å²) in [5.74, 6) is 1.72. The zero-order chi connectivity index (χ0) is 20.9. The quantitative estimate of drug-likeness (QED) is 0.647. The molecule has 0 aliphatic carbocycles. The van der Waals surface area contributed by atoms with E-state index in [2.05, 4.69) is 30.4 Å². The van der Waals surface area contributed by atoms with E-state index in [-0.39, 0.29) is 18.2 Å². The molecule has 29 heavy (non-hydrogen) atoms. The molecule has 2 aromatic carbocycles. The van der Waals surface area contributed by atoms with Crippen molar-refractivity contribution in [2.24, 2.45) is 0 Å². The second-order valence-electron chi connectivity index (χ2n) is 6.84. The predicted octanol–water partition coefficient (Wildman–Crippen LogP) is 2.96. The average molecular weight is 435 g/mol.